The van der Waals surface area contributed by atoms with Gasteiger partial charge in [-0.05, 0) is 18.4 Å². The molecule has 1 fully saturated rings. The third-order valence-electron chi connectivity index (χ3n) is 3.12. The Bertz CT molecular complexity index is 294. The quantitative estimate of drug-likeness (QED) is 0.463. The lowest BCUT2D eigenvalue weighted by Crippen LogP contribution is -2.42. The molecule has 0 saturated carbocycles. The molecule has 0 aromatic heterocycles. The van der Waals surface area contributed by atoms with Crippen molar-refractivity contribution in [2.45, 2.75) is 39.5 Å². The average molecular weight is 303 g/mol. The van der Waals surface area contributed by atoms with E-state index in [-0.39, 0.29) is 5.91 Å². The molecule has 1 heterocycles. The molecule has 0 aromatic carbocycles. The number of rotatable bonds is 6. The first-order chi connectivity index (χ1) is 9.15. The van der Waals surface area contributed by atoms with Crippen molar-refractivity contribution < 1.29 is 4.79 Å². The summed E-state index contributed by atoms with van der Waals surface area (Å²) < 4.78 is 2.94. The standard InChI is InChI=1S/C13H25N3OS2/c1-3-4-5-6-9-16(12(2)17)13(18)19-15-10-7-14-8-11-15/h14H,3-11H2,1-2H3. The molecule has 1 aliphatic rings. The van der Waals surface area contributed by atoms with Gasteiger partial charge in [0.1, 0.15) is 0 Å². The van der Waals surface area contributed by atoms with Crippen LogP contribution in [0.25, 0.3) is 0 Å². The van der Waals surface area contributed by atoms with Gasteiger partial charge in [-0.15, -0.1) is 0 Å². The normalized spacial score (nSPS) is 16.3. The van der Waals surface area contributed by atoms with E-state index in [4.69, 9.17) is 12.2 Å². The molecule has 19 heavy (non-hydrogen) atoms. The molecule has 110 valence electrons. The SMILES string of the molecule is CCCCCCN(C(C)=O)C(=S)SN1CCNCC1. The van der Waals surface area contributed by atoms with E-state index in [1.165, 1.54) is 19.3 Å². The molecule has 1 N–H and O–H groups in total. The smallest absolute Gasteiger partial charge is 0.224 e. The number of hydrogen-bond acceptors (Lipinski definition) is 5. The van der Waals surface area contributed by atoms with Crippen molar-refractivity contribution in [3.8, 4) is 0 Å². The molecule has 6 heteroatoms. The van der Waals surface area contributed by atoms with Gasteiger partial charge in [0.15, 0.2) is 4.32 Å². The fourth-order valence-electron chi connectivity index (χ4n) is 1.97. The molecule has 0 unspecified atom stereocenters. The maximum absolute atomic E-state index is 11.7. The molecular formula is C13H25N3OS2. The first-order valence-electron chi connectivity index (χ1n) is 7.11. The summed E-state index contributed by atoms with van der Waals surface area (Å²) in [7, 11) is 0. The first kappa shape index (κ1) is 16.9. The Morgan fingerprint density at radius 1 is 1.32 bits per heavy atom. The third-order valence-corrected chi connectivity index (χ3v) is 4.56. The lowest BCUT2D eigenvalue weighted by atomic mass is 10.2. The summed E-state index contributed by atoms with van der Waals surface area (Å²) in [6.45, 7) is 8.49. The van der Waals surface area contributed by atoms with Gasteiger partial charge in [0.2, 0.25) is 5.91 Å². The molecular weight excluding hydrogens is 278 g/mol. The second kappa shape index (κ2) is 9.69. The Morgan fingerprint density at radius 3 is 2.58 bits per heavy atom. The van der Waals surface area contributed by atoms with E-state index in [2.05, 4.69) is 16.5 Å². The Labute approximate surface area is 126 Å². The van der Waals surface area contributed by atoms with Crippen LogP contribution in [-0.4, -0.2) is 52.2 Å². The molecule has 0 atom stereocenters. The van der Waals surface area contributed by atoms with Crippen LogP contribution in [0.1, 0.15) is 39.5 Å². The van der Waals surface area contributed by atoms with Crippen molar-refractivity contribution in [1.29, 1.82) is 0 Å². The fourth-order valence-corrected chi connectivity index (χ4v) is 3.41. The lowest BCUT2D eigenvalue weighted by Gasteiger charge is -2.29. The minimum absolute atomic E-state index is 0.0594. The number of nitrogens with one attached hydrogen (secondary N) is 1. The number of nitrogens with zero attached hydrogens (tertiary/aromatic N) is 2. The zero-order valence-electron chi connectivity index (χ0n) is 12.0. The second-order valence-corrected chi connectivity index (χ2v) is 6.50. The van der Waals surface area contributed by atoms with Crippen LogP contribution in [0, 0.1) is 0 Å². The van der Waals surface area contributed by atoms with Crippen LogP contribution in [0.15, 0.2) is 0 Å². The summed E-state index contributed by atoms with van der Waals surface area (Å²) in [5.41, 5.74) is 0. The van der Waals surface area contributed by atoms with Gasteiger partial charge in [-0.1, -0.05) is 38.4 Å². The zero-order chi connectivity index (χ0) is 14.1. The lowest BCUT2D eigenvalue weighted by molar-refractivity contribution is -0.124. The van der Waals surface area contributed by atoms with Crippen molar-refractivity contribution in [2.24, 2.45) is 0 Å². The van der Waals surface area contributed by atoms with Crippen molar-refractivity contribution in [3.05, 3.63) is 0 Å². The Balaban J connectivity index is 2.36. The van der Waals surface area contributed by atoms with E-state index in [1.807, 2.05) is 0 Å². The van der Waals surface area contributed by atoms with Crippen LogP contribution < -0.4 is 5.32 Å². The predicted molar refractivity (Wildman–Crippen MR) is 86.2 cm³/mol. The molecule has 1 rings (SSSR count). The van der Waals surface area contributed by atoms with E-state index < -0.39 is 0 Å². The highest BCUT2D eigenvalue weighted by molar-refractivity contribution is 8.21. The zero-order valence-corrected chi connectivity index (χ0v) is 13.6. The molecule has 0 spiro atoms. The van der Waals surface area contributed by atoms with Gasteiger partial charge in [-0.2, -0.15) is 0 Å². The van der Waals surface area contributed by atoms with E-state index in [0.717, 1.165) is 39.1 Å². The maximum Gasteiger partial charge on any atom is 0.224 e. The first-order valence-corrected chi connectivity index (χ1v) is 8.29. The molecule has 0 bridgehead atoms. The van der Waals surface area contributed by atoms with Gasteiger partial charge in [-0.3, -0.25) is 9.69 Å². The largest absolute Gasteiger partial charge is 0.314 e. The Hall–Kier alpha value is -0.170. The minimum atomic E-state index is 0.0594. The summed E-state index contributed by atoms with van der Waals surface area (Å²) in [5.74, 6) is 0.0594. The number of piperazine rings is 1. The Morgan fingerprint density at radius 2 is 2.00 bits per heavy atom. The number of amides is 1. The maximum atomic E-state index is 11.7. The van der Waals surface area contributed by atoms with E-state index in [9.17, 15) is 4.79 Å². The van der Waals surface area contributed by atoms with Crippen molar-refractivity contribution >= 4 is 34.4 Å². The van der Waals surface area contributed by atoms with Gasteiger partial charge in [0.05, 0.1) is 0 Å². The summed E-state index contributed by atoms with van der Waals surface area (Å²) in [6.07, 6.45) is 4.64. The molecule has 0 radical (unpaired) electrons. The molecule has 4 nitrogen and oxygen atoms in total. The fraction of sp³-hybridized carbons (Fsp3) is 0.846. The van der Waals surface area contributed by atoms with E-state index in [0.29, 0.717) is 4.32 Å². The van der Waals surface area contributed by atoms with Gasteiger partial charge < -0.3 is 5.32 Å². The number of carbonyl (C=O) groups is 1. The van der Waals surface area contributed by atoms with Crippen LogP contribution >= 0.6 is 24.2 Å². The topological polar surface area (TPSA) is 35.6 Å². The van der Waals surface area contributed by atoms with Crippen LogP contribution in [0.2, 0.25) is 0 Å². The number of carbonyl (C=O) groups excluding carboxylic acids is 1. The van der Waals surface area contributed by atoms with Gasteiger partial charge in [-0.25, -0.2) is 4.31 Å². The van der Waals surface area contributed by atoms with E-state index in [1.54, 1.807) is 23.8 Å². The van der Waals surface area contributed by atoms with Crippen LogP contribution in [-0.2, 0) is 4.79 Å². The second-order valence-electron chi connectivity index (χ2n) is 4.77. The van der Waals surface area contributed by atoms with Crippen molar-refractivity contribution in [2.75, 3.05) is 32.7 Å². The highest BCUT2D eigenvalue weighted by Gasteiger charge is 2.19. The van der Waals surface area contributed by atoms with Crippen molar-refractivity contribution in [1.82, 2.24) is 14.5 Å². The summed E-state index contributed by atoms with van der Waals surface area (Å²) in [4.78, 5) is 13.4. The summed E-state index contributed by atoms with van der Waals surface area (Å²) in [6, 6.07) is 0. The highest BCUT2D eigenvalue weighted by Crippen LogP contribution is 2.17. The average Bonchev–Trinajstić information content (AvgIpc) is 2.39. The van der Waals surface area contributed by atoms with Gasteiger partial charge in [0.25, 0.3) is 0 Å². The molecule has 0 aliphatic carbocycles. The van der Waals surface area contributed by atoms with E-state index >= 15 is 0 Å². The van der Waals surface area contributed by atoms with Crippen LogP contribution in [0.3, 0.4) is 0 Å². The van der Waals surface area contributed by atoms with Crippen LogP contribution in [0.4, 0.5) is 0 Å². The molecule has 1 amide bonds. The monoisotopic (exact) mass is 303 g/mol. The molecule has 1 aliphatic heterocycles. The Kier molecular flexibility index (Phi) is 8.61. The van der Waals surface area contributed by atoms with Gasteiger partial charge >= 0.3 is 0 Å². The minimum Gasteiger partial charge on any atom is -0.314 e. The number of thiocarbonyl (C=S) groups is 1. The van der Waals surface area contributed by atoms with Crippen molar-refractivity contribution in [3.63, 3.8) is 0 Å². The summed E-state index contributed by atoms with van der Waals surface area (Å²) >= 11 is 6.97. The van der Waals surface area contributed by atoms with Gasteiger partial charge in [0, 0.05) is 39.6 Å². The number of unbranched alkanes of at least 4 members (excludes halogenated alkanes) is 3. The highest BCUT2D eigenvalue weighted by atomic mass is 32.2. The summed E-state index contributed by atoms with van der Waals surface area (Å²) in [5, 5.41) is 3.31. The van der Waals surface area contributed by atoms with Crippen LogP contribution in [0.5, 0.6) is 0 Å². The predicted octanol–water partition coefficient (Wildman–Crippen LogP) is 2.25. The third kappa shape index (κ3) is 6.70. The number of hydrogen-bond donors (Lipinski definition) is 1. The molecule has 0 aromatic rings. The molecule has 1 saturated heterocycles.